The zero-order valence-electron chi connectivity index (χ0n) is 15.0. The van der Waals surface area contributed by atoms with Crippen LogP contribution in [0.2, 0.25) is 0 Å². The average molecular weight is 377 g/mol. The molecule has 2 aliphatic rings. The molecule has 1 fully saturated rings. The minimum atomic E-state index is -0.176. The number of aromatic nitrogens is 1. The Hall–Kier alpha value is -2.30. The highest BCUT2D eigenvalue weighted by Crippen LogP contribution is 2.39. The second-order valence-corrected chi connectivity index (χ2v) is 8.47. The molecule has 0 bridgehead atoms. The van der Waals surface area contributed by atoms with Crippen LogP contribution in [-0.2, 0) is 0 Å². The van der Waals surface area contributed by atoms with E-state index in [0.717, 1.165) is 30.8 Å². The second-order valence-electron chi connectivity index (χ2n) is 7.30. The van der Waals surface area contributed by atoms with E-state index >= 15 is 0 Å². The van der Waals surface area contributed by atoms with Gasteiger partial charge in [0.05, 0.1) is 0 Å². The van der Waals surface area contributed by atoms with Crippen molar-refractivity contribution in [3.63, 3.8) is 0 Å². The Bertz CT molecular complexity index is 1030. The molecule has 0 amide bonds. The van der Waals surface area contributed by atoms with Gasteiger partial charge in [0.2, 0.25) is 0 Å². The molecule has 2 nitrogen and oxygen atoms in total. The Morgan fingerprint density at radius 3 is 2.81 bits per heavy atom. The Kier molecular flexibility index (Phi) is 4.38. The molecule has 2 heterocycles. The van der Waals surface area contributed by atoms with E-state index in [1.165, 1.54) is 34.2 Å². The Labute approximate surface area is 162 Å². The molecular formula is C23H21FN2S. The summed E-state index contributed by atoms with van der Waals surface area (Å²) < 4.78 is 15.6. The normalized spacial score (nSPS) is 20.3. The van der Waals surface area contributed by atoms with Crippen molar-refractivity contribution in [2.75, 3.05) is 13.1 Å². The molecule has 0 spiro atoms. The number of hydrogen-bond acceptors (Lipinski definition) is 2. The molecule has 1 unspecified atom stereocenters. The lowest BCUT2D eigenvalue weighted by Gasteiger charge is -2.36. The first-order valence-electron chi connectivity index (χ1n) is 9.40. The van der Waals surface area contributed by atoms with E-state index in [1.807, 2.05) is 18.3 Å². The standard InChI is InChI=1S/C23H21FN2S/c24-21-4-6-22(7-5-21)27-26-12-10-16-1-2-17(14-20(16)15-26)18-3-8-23-19(13-18)9-11-25-23/h1-9,11,13,20,25H,10,12,14-15H2. The number of allylic oxidation sites excluding steroid dienone is 3. The molecule has 27 heavy (non-hydrogen) atoms. The smallest absolute Gasteiger partial charge is 0.123 e. The van der Waals surface area contributed by atoms with Gasteiger partial charge in [-0.15, -0.1) is 0 Å². The van der Waals surface area contributed by atoms with E-state index in [1.54, 1.807) is 17.5 Å². The van der Waals surface area contributed by atoms with E-state index in [-0.39, 0.29) is 5.82 Å². The third-order valence-electron chi connectivity index (χ3n) is 5.54. The van der Waals surface area contributed by atoms with Crippen LogP contribution in [0.1, 0.15) is 18.4 Å². The highest BCUT2D eigenvalue weighted by molar-refractivity contribution is 7.97. The molecule has 1 aliphatic carbocycles. The first kappa shape index (κ1) is 16.8. The molecule has 5 rings (SSSR count). The molecule has 1 atom stereocenters. The van der Waals surface area contributed by atoms with Gasteiger partial charge in [0, 0.05) is 29.7 Å². The van der Waals surface area contributed by atoms with Gasteiger partial charge in [0.1, 0.15) is 5.82 Å². The number of H-pyrrole nitrogens is 1. The number of nitrogens with zero attached hydrogens (tertiary/aromatic N) is 1. The van der Waals surface area contributed by atoms with Crippen LogP contribution in [0.3, 0.4) is 0 Å². The first-order valence-corrected chi connectivity index (χ1v) is 10.2. The molecule has 1 aliphatic heterocycles. The molecule has 0 radical (unpaired) electrons. The number of fused-ring (bicyclic) bond motifs is 2. The van der Waals surface area contributed by atoms with Crippen molar-refractivity contribution in [2.45, 2.75) is 17.7 Å². The van der Waals surface area contributed by atoms with Crippen LogP contribution in [0.4, 0.5) is 4.39 Å². The third-order valence-corrected chi connectivity index (χ3v) is 6.61. The maximum Gasteiger partial charge on any atom is 0.123 e. The molecule has 136 valence electrons. The van der Waals surface area contributed by atoms with E-state index in [2.05, 4.69) is 45.7 Å². The lowest BCUT2D eigenvalue weighted by molar-refractivity contribution is 0.353. The van der Waals surface area contributed by atoms with Gasteiger partial charge in [-0.1, -0.05) is 23.8 Å². The summed E-state index contributed by atoms with van der Waals surface area (Å²) in [6.07, 6.45) is 8.84. The zero-order chi connectivity index (χ0) is 18.2. The van der Waals surface area contributed by atoms with Gasteiger partial charge in [-0.2, -0.15) is 0 Å². The van der Waals surface area contributed by atoms with Crippen LogP contribution in [-0.4, -0.2) is 22.4 Å². The van der Waals surface area contributed by atoms with Gasteiger partial charge in [0.15, 0.2) is 0 Å². The van der Waals surface area contributed by atoms with Gasteiger partial charge in [-0.3, -0.25) is 0 Å². The molecule has 1 N–H and O–H groups in total. The van der Waals surface area contributed by atoms with Crippen LogP contribution in [0.15, 0.2) is 77.3 Å². The van der Waals surface area contributed by atoms with Crippen molar-refractivity contribution in [1.29, 1.82) is 0 Å². The van der Waals surface area contributed by atoms with Crippen LogP contribution >= 0.6 is 11.9 Å². The Morgan fingerprint density at radius 1 is 1.04 bits per heavy atom. The lowest BCUT2D eigenvalue weighted by atomic mass is 9.81. The van der Waals surface area contributed by atoms with Crippen molar-refractivity contribution in [1.82, 2.24) is 9.29 Å². The zero-order valence-corrected chi connectivity index (χ0v) is 15.8. The first-order chi connectivity index (χ1) is 13.2. The molecule has 3 aromatic rings. The van der Waals surface area contributed by atoms with Gasteiger partial charge < -0.3 is 4.98 Å². The van der Waals surface area contributed by atoms with Crippen molar-refractivity contribution in [2.24, 2.45) is 5.92 Å². The van der Waals surface area contributed by atoms with Crippen molar-refractivity contribution in [3.8, 4) is 0 Å². The molecule has 1 aromatic heterocycles. The number of piperidine rings is 1. The van der Waals surface area contributed by atoms with E-state index in [0.29, 0.717) is 5.92 Å². The monoisotopic (exact) mass is 376 g/mol. The maximum absolute atomic E-state index is 13.1. The van der Waals surface area contributed by atoms with Crippen molar-refractivity contribution in [3.05, 3.63) is 83.8 Å². The molecule has 1 saturated heterocycles. The largest absolute Gasteiger partial charge is 0.361 e. The summed E-state index contributed by atoms with van der Waals surface area (Å²) >= 11 is 1.74. The van der Waals surface area contributed by atoms with Crippen LogP contribution in [0.5, 0.6) is 0 Å². The minimum Gasteiger partial charge on any atom is -0.361 e. The number of nitrogens with one attached hydrogen (secondary N) is 1. The van der Waals surface area contributed by atoms with Crippen LogP contribution < -0.4 is 0 Å². The quantitative estimate of drug-likeness (QED) is 0.561. The van der Waals surface area contributed by atoms with Crippen molar-refractivity contribution < 1.29 is 4.39 Å². The third kappa shape index (κ3) is 3.47. The van der Waals surface area contributed by atoms with Gasteiger partial charge in [-0.25, -0.2) is 8.70 Å². The van der Waals surface area contributed by atoms with Gasteiger partial charge >= 0.3 is 0 Å². The summed E-state index contributed by atoms with van der Waals surface area (Å²) in [6, 6.07) is 15.6. The van der Waals surface area contributed by atoms with Crippen molar-refractivity contribution >= 4 is 28.4 Å². The van der Waals surface area contributed by atoms with E-state index < -0.39 is 0 Å². The molecule has 0 saturated carbocycles. The topological polar surface area (TPSA) is 19.0 Å². The predicted octanol–water partition coefficient (Wildman–Crippen LogP) is 6.05. The van der Waals surface area contributed by atoms with Crippen LogP contribution in [0.25, 0.3) is 16.5 Å². The highest BCUT2D eigenvalue weighted by atomic mass is 32.2. The summed E-state index contributed by atoms with van der Waals surface area (Å²) in [5.41, 5.74) is 5.49. The fraction of sp³-hybridized carbons (Fsp3) is 0.217. The maximum atomic E-state index is 13.1. The average Bonchev–Trinajstić information content (AvgIpc) is 3.17. The van der Waals surface area contributed by atoms with Gasteiger partial charge in [0.25, 0.3) is 0 Å². The lowest BCUT2D eigenvalue weighted by Crippen LogP contribution is -2.33. The SMILES string of the molecule is Fc1ccc(SN2CCC3=CC=C(c4ccc5[nH]ccc5c4)CC3C2)cc1. The number of hydrogen-bond donors (Lipinski definition) is 1. The number of aromatic amines is 1. The summed E-state index contributed by atoms with van der Waals surface area (Å²) in [7, 11) is 0. The fourth-order valence-corrected chi connectivity index (χ4v) is 5.06. The number of rotatable bonds is 3. The Balaban J connectivity index is 1.32. The second kappa shape index (κ2) is 7.02. The molecular weight excluding hydrogens is 355 g/mol. The molecule has 4 heteroatoms. The highest BCUT2D eigenvalue weighted by Gasteiger charge is 2.27. The van der Waals surface area contributed by atoms with Crippen LogP contribution in [0, 0.1) is 11.7 Å². The predicted molar refractivity (Wildman–Crippen MR) is 111 cm³/mol. The Morgan fingerprint density at radius 2 is 1.93 bits per heavy atom. The summed E-state index contributed by atoms with van der Waals surface area (Å²) in [6.45, 7) is 2.08. The van der Waals surface area contributed by atoms with E-state index in [9.17, 15) is 4.39 Å². The summed E-state index contributed by atoms with van der Waals surface area (Å²) in [4.78, 5) is 4.37. The number of benzene rings is 2. The van der Waals surface area contributed by atoms with E-state index in [4.69, 9.17) is 0 Å². The van der Waals surface area contributed by atoms with Gasteiger partial charge in [-0.05, 0) is 89.7 Å². The fourth-order valence-electron chi connectivity index (χ4n) is 4.06. The molecule has 2 aromatic carbocycles. The minimum absolute atomic E-state index is 0.176. The number of halogens is 1. The summed E-state index contributed by atoms with van der Waals surface area (Å²) in [5.74, 6) is 0.387. The summed E-state index contributed by atoms with van der Waals surface area (Å²) in [5, 5.41) is 1.26.